The van der Waals surface area contributed by atoms with Gasteiger partial charge in [-0.1, -0.05) is 23.9 Å². The molecular weight excluding hydrogens is 304 g/mol. The molecule has 0 amide bonds. The number of benzene rings is 1. The van der Waals surface area contributed by atoms with Crippen LogP contribution in [-0.4, -0.2) is 34.1 Å². The average Bonchev–Trinajstić information content (AvgIpc) is 3.19. The number of aromatic nitrogens is 2. The molecule has 0 aliphatic rings. The Labute approximate surface area is 129 Å². The Morgan fingerprint density at radius 3 is 2.86 bits per heavy atom. The number of imidazole rings is 1. The van der Waals surface area contributed by atoms with E-state index in [2.05, 4.69) is 9.97 Å². The normalized spacial score (nSPS) is 10.7. The lowest BCUT2D eigenvalue weighted by molar-refractivity contribution is -0.139. The van der Waals surface area contributed by atoms with Crippen LogP contribution in [0.5, 0.6) is 0 Å². The van der Waals surface area contributed by atoms with Crippen molar-refractivity contribution in [1.82, 2.24) is 9.97 Å². The molecule has 112 valence electrons. The number of carbonyl (C=O) groups is 2. The number of esters is 1. The first-order valence-corrected chi connectivity index (χ1v) is 7.51. The van der Waals surface area contributed by atoms with E-state index in [0.29, 0.717) is 5.16 Å². The smallest absolute Gasteiger partial charge is 0.316 e. The number of nitrogens with zero attached hydrogens (tertiary/aromatic N) is 1. The Kier molecular flexibility index (Phi) is 4.24. The molecule has 1 aromatic carbocycles. The van der Waals surface area contributed by atoms with Crippen LogP contribution >= 0.6 is 11.8 Å². The molecule has 0 spiro atoms. The van der Waals surface area contributed by atoms with Gasteiger partial charge in [0, 0.05) is 0 Å². The third kappa shape index (κ3) is 3.37. The summed E-state index contributed by atoms with van der Waals surface area (Å²) >= 11 is 1.23. The van der Waals surface area contributed by atoms with Gasteiger partial charge >= 0.3 is 5.97 Å². The molecule has 3 rings (SSSR count). The highest BCUT2D eigenvalue weighted by molar-refractivity contribution is 7.99. The van der Waals surface area contributed by atoms with Crippen LogP contribution in [0.3, 0.4) is 0 Å². The molecule has 0 atom stereocenters. The van der Waals surface area contributed by atoms with Gasteiger partial charge in [-0.15, -0.1) is 0 Å². The van der Waals surface area contributed by atoms with Crippen LogP contribution in [0.4, 0.5) is 0 Å². The fourth-order valence-electron chi connectivity index (χ4n) is 1.82. The van der Waals surface area contributed by atoms with Gasteiger partial charge in [0.15, 0.2) is 17.5 Å². The molecule has 1 N–H and O–H groups in total. The predicted octanol–water partition coefficient (Wildman–Crippen LogP) is 2.67. The maximum absolute atomic E-state index is 11.6. The molecule has 6 nitrogen and oxygen atoms in total. The number of aromatic amines is 1. The molecule has 7 heteroatoms. The summed E-state index contributed by atoms with van der Waals surface area (Å²) in [7, 11) is 0. The van der Waals surface area contributed by atoms with E-state index < -0.39 is 5.97 Å². The number of H-pyrrole nitrogens is 1. The summed E-state index contributed by atoms with van der Waals surface area (Å²) in [6.45, 7) is -0.326. The third-order valence-electron chi connectivity index (χ3n) is 2.85. The second kappa shape index (κ2) is 6.48. The first-order chi connectivity index (χ1) is 10.7. The van der Waals surface area contributed by atoms with Gasteiger partial charge in [0.25, 0.3) is 0 Å². The fraction of sp³-hybridized carbons (Fsp3) is 0.133. The van der Waals surface area contributed by atoms with E-state index in [1.54, 1.807) is 6.07 Å². The Morgan fingerprint density at radius 2 is 2.09 bits per heavy atom. The number of ether oxygens (including phenoxy) is 1. The van der Waals surface area contributed by atoms with E-state index in [1.807, 2.05) is 24.3 Å². The van der Waals surface area contributed by atoms with Crippen molar-refractivity contribution in [3.05, 3.63) is 48.4 Å². The molecule has 0 bridgehead atoms. The lowest BCUT2D eigenvalue weighted by Crippen LogP contribution is -2.15. The Bertz CT molecular complexity index is 762. The summed E-state index contributed by atoms with van der Waals surface area (Å²) in [5.74, 6) is -0.596. The zero-order chi connectivity index (χ0) is 15.4. The summed E-state index contributed by atoms with van der Waals surface area (Å²) in [6.07, 6.45) is 1.40. The number of furan rings is 1. The van der Waals surface area contributed by atoms with Gasteiger partial charge in [0.2, 0.25) is 5.78 Å². The van der Waals surface area contributed by atoms with Crippen molar-refractivity contribution in [3.63, 3.8) is 0 Å². The van der Waals surface area contributed by atoms with Crippen LogP contribution in [0, 0.1) is 0 Å². The van der Waals surface area contributed by atoms with Gasteiger partial charge in [0.1, 0.15) is 0 Å². The molecular formula is C15H12N2O4S. The van der Waals surface area contributed by atoms with Crippen molar-refractivity contribution < 1.29 is 18.7 Å². The van der Waals surface area contributed by atoms with E-state index in [0.717, 1.165) is 11.0 Å². The van der Waals surface area contributed by atoms with Gasteiger partial charge in [-0.2, -0.15) is 0 Å². The Morgan fingerprint density at radius 1 is 1.23 bits per heavy atom. The summed E-state index contributed by atoms with van der Waals surface area (Å²) in [5.41, 5.74) is 1.75. The number of hydrogen-bond acceptors (Lipinski definition) is 6. The number of para-hydroxylation sites is 2. The molecule has 0 aliphatic carbocycles. The minimum atomic E-state index is -0.481. The Hall–Kier alpha value is -2.54. The standard InChI is InChI=1S/C15H12N2O4S/c18-12(13-6-3-7-20-13)8-21-14(19)9-22-15-16-10-4-1-2-5-11(10)17-15/h1-7H,8-9H2,(H,16,17). The molecule has 0 radical (unpaired) electrons. The largest absolute Gasteiger partial charge is 0.461 e. The van der Waals surface area contributed by atoms with Crippen molar-refractivity contribution >= 4 is 34.5 Å². The molecule has 0 fully saturated rings. The van der Waals surface area contributed by atoms with Gasteiger partial charge in [-0.3, -0.25) is 9.59 Å². The summed E-state index contributed by atoms with van der Waals surface area (Å²) in [6, 6.07) is 10.7. The lowest BCUT2D eigenvalue weighted by Gasteiger charge is -2.01. The SMILES string of the molecule is O=C(CSc1nc2ccccc2[nH]1)OCC(=O)c1ccco1. The summed E-state index contributed by atoms with van der Waals surface area (Å²) in [4.78, 5) is 30.7. The summed E-state index contributed by atoms with van der Waals surface area (Å²) < 4.78 is 9.84. The van der Waals surface area contributed by atoms with E-state index in [4.69, 9.17) is 9.15 Å². The highest BCUT2D eigenvalue weighted by Crippen LogP contribution is 2.19. The van der Waals surface area contributed by atoms with Crippen LogP contribution in [0.2, 0.25) is 0 Å². The number of nitrogens with one attached hydrogen (secondary N) is 1. The van der Waals surface area contributed by atoms with E-state index in [9.17, 15) is 9.59 Å². The maximum atomic E-state index is 11.6. The van der Waals surface area contributed by atoms with Crippen LogP contribution in [0.1, 0.15) is 10.6 Å². The topological polar surface area (TPSA) is 85.2 Å². The number of hydrogen-bond donors (Lipinski definition) is 1. The number of rotatable bonds is 6. The second-order valence-corrected chi connectivity index (χ2v) is 5.37. The lowest BCUT2D eigenvalue weighted by atomic mass is 10.3. The molecule has 3 aromatic rings. The molecule has 22 heavy (non-hydrogen) atoms. The molecule has 0 aliphatic heterocycles. The van der Waals surface area contributed by atoms with Crippen molar-refractivity contribution in [2.45, 2.75) is 5.16 Å². The number of carbonyl (C=O) groups excluding carboxylic acids is 2. The molecule has 0 saturated heterocycles. The van der Waals surface area contributed by atoms with Crippen molar-refractivity contribution in [1.29, 1.82) is 0 Å². The van der Waals surface area contributed by atoms with E-state index in [1.165, 1.54) is 24.1 Å². The van der Waals surface area contributed by atoms with E-state index in [-0.39, 0.29) is 23.9 Å². The van der Waals surface area contributed by atoms with Crippen LogP contribution in [-0.2, 0) is 9.53 Å². The first-order valence-electron chi connectivity index (χ1n) is 6.52. The van der Waals surface area contributed by atoms with E-state index >= 15 is 0 Å². The zero-order valence-corrected chi connectivity index (χ0v) is 12.3. The van der Waals surface area contributed by atoms with Crippen LogP contribution in [0.25, 0.3) is 11.0 Å². The van der Waals surface area contributed by atoms with Gasteiger partial charge in [-0.05, 0) is 24.3 Å². The van der Waals surface area contributed by atoms with Gasteiger partial charge in [-0.25, -0.2) is 4.98 Å². The minimum absolute atomic E-state index is 0.0747. The zero-order valence-electron chi connectivity index (χ0n) is 11.4. The van der Waals surface area contributed by atoms with Gasteiger partial charge in [0.05, 0.1) is 23.0 Å². The van der Waals surface area contributed by atoms with Gasteiger partial charge < -0.3 is 14.1 Å². The molecule has 0 saturated carbocycles. The second-order valence-electron chi connectivity index (χ2n) is 4.41. The molecule has 0 unspecified atom stereocenters. The highest BCUT2D eigenvalue weighted by atomic mass is 32.2. The van der Waals surface area contributed by atoms with Crippen molar-refractivity contribution in [3.8, 4) is 0 Å². The first kappa shape index (κ1) is 14.4. The third-order valence-corrected chi connectivity index (χ3v) is 3.70. The van der Waals surface area contributed by atoms with Crippen LogP contribution in [0.15, 0.2) is 52.2 Å². The predicted molar refractivity (Wildman–Crippen MR) is 80.8 cm³/mol. The monoisotopic (exact) mass is 316 g/mol. The van der Waals surface area contributed by atoms with Crippen molar-refractivity contribution in [2.24, 2.45) is 0 Å². The quantitative estimate of drug-likeness (QED) is 0.427. The molecule has 2 aromatic heterocycles. The number of Topliss-reactive ketones (excluding diaryl/α,β-unsaturated/α-hetero) is 1. The minimum Gasteiger partial charge on any atom is -0.461 e. The Balaban J connectivity index is 1.49. The van der Waals surface area contributed by atoms with Crippen molar-refractivity contribution in [2.75, 3.05) is 12.4 Å². The summed E-state index contributed by atoms with van der Waals surface area (Å²) in [5, 5.41) is 0.635. The highest BCUT2D eigenvalue weighted by Gasteiger charge is 2.13. The molecule has 2 heterocycles. The fourth-order valence-corrected chi connectivity index (χ4v) is 2.50. The number of fused-ring (bicyclic) bond motifs is 1. The number of ketones is 1. The van der Waals surface area contributed by atoms with Crippen LogP contribution < -0.4 is 0 Å². The number of thioether (sulfide) groups is 1. The maximum Gasteiger partial charge on any atom is 0.316 e. The average molecular weight is 316 g/mol.